The van der Waals surface area contributed by atoms with Crippen LogP contribution in [0.1, 0.15) is 21.5 Å². The van der Waals surface area contributed by atoms with Crippen molar-refractivity contribution < 1.29 is 18.3 Å². The van der Waals surface area contributed by atoms with Crippen molar-refractivity contribution in [1.29, 1.82) is 0 Å². The van der Waals surface area contributed by atoms with Gasteiger partial charge in [-0.1, -0.05) is 6.07 Å². The van der Waals surface area contributed by atoms with Crippen LogP contribution in [0.5, 0.6) is 5.75 Å². The maximum atomic E-state index is 12.4. The highest BCUT2D eigenvalue weighted by atomic mass is 32.2. The fourth-order valence-electron chi connectivity index (χ4n) is 2.21. The van der Waals surface area contributed by atoms with Crippen LogP contribution < -0.4 is 5.32 Å². The predicted molar refractivity (Wildman–Crippen MR) is 92.8 cm³/mol. The normalized spacial score (nSPS) is 11.5. The van der Waals surface area contributed by atoms with Gasteiger partial charge in [0.25, 0.3) is 5.91 Å². The lowest BCUT2D eigenvalue weighted by Gasteiger charge is -2.16. The summed E-state index contributed by atoms with van der Waals surface area (Å²) >= 11 is 0. The van der Waals surface area contributed by atoms with Crippen molar-refractivity contribution in [2.45, 2.75) is 18.7 Å². The highest BCUT2D eigenvalue weighted by Gasteiger charge is 2.23. The zero-order valence-electron chi connectivity index (χ0n) is 14.0. The van der Waals surface area contributed by atoms with E-state index in [2.05, 4.69) is 5.32 Å². The van der Waals surface area contributed by atoms with Crippen molar-refractivity contribution in [3.63, 3.8) is 0 Å². The minimum absolute atomic E-state index is 0.0313. The van der Waals surface area contributed by atoms with Crippen LogP contribution in [0.15, 0.2) is 41.3 Å². The Morgan fingerprint density at radius 3 is 2.38 bits per heavy atom. The van der Waals surface area contributed by atoms with Gasteiger partial charge in [0.1, 0.15) is 5.75 Å². The summed E-state index contributed by atoms with van der Waals surface area (Å²) in [5, 5.41) is 12.1. The Hall–Kier alpha value is -2.38. The zero-order chi connectivity index (χ0) is 18.1. The van der Waals surface area contributed by atoms with Gasteiger partial charge in [-0.2, -0.15) is 0 Å². The number of aryl methyl sites for hydroxylation is 1. The van der Waals surface area contributed by atoms with Crippen LogP contribution in [-0.4, -0.2) is 37.8 Å². The molecular weight excluding hydrogens is 328 g/mol. The van der Waals surface area contributed by atoms with E-state index in [9.17, 15) is 18.3 Å². The largest absolute Gasteiger partial charge is 0.508 e. The number of phenols is 1. The fourth-order valence-corrected chi connectivity index (χ4v) is 3.43. The van der Waals surface area contributed by atoms with E-state index in [4.69, 9.17) is 0 Å². The quantitative estimate of drug-likeness (QED) is 0.889. The van der Waals surface area contributed by atoms with Gasteiger partial charge in [0.05, 0.1) is 4.90 Å². The van der Waals surface area contributed by atoms with Crippen LogP contribution in [0.2, 0.25) is 0 Å². The molecular formula is C17H20N2O4S. The molecule has 2 rings (SSSR count). The Bertz CT molecular complexity index is 889. The molecule has 0 saturated carbocycles. The summed E-state index contributed by atoms with van der Waals surface area (Å²) in [6.07, 6.45) is 0. The maximum absolute atomic E-state index is 12.4. The minimum atomic E-state index is -3.65. The van der Waals surface area contributed by atoms with E-state index in [0.717, 1.165) is 4.31 Å². The van der Waals surface area contributed by atoms with Gasteiger partial charge in [-0.15, -0.1) is 0 Å². The summed E-state index contributed by atoms with van der Waals surface area (Å²) in [4.78, 5) is 12.5. The van der Waals surface area contributed by atoms with Crippen LogP contribution in [-0.2, 0) is 10.0 Å². The molecule has 0 radical (unpaired) electrons. The summed E-state index contributed by atoms with van der Waals surface area (Å²) in [6.45, 7) is 3.47. The van der Waals surface area contributed by atoms with Crippen LogP contribution in [0.3, 0.4) is 0 Å². The van der Waals surface area contributed by atoms with Crippen molar-refractivity contribution in [2.75, 3.05) is 19.4 Å². The van der Waals surface area contributed by atoms with E-state index in [-0.39, 0.29) is 16.2 Å². The highest BCUT2D eigenvalue weighted by Crippen LogP contribution is 2.24. The Morgan fingerprint density at radius 1 is 1.12 bits per heavy atom. The average molecular weight is 348 g/mol. The molecule has 0 aliphatic rings. The molecule has 7 heteroatoms. The number of hydrogen-bond acceptors (Lipinski definition) is 4. The molecule has 2 aromatic rings. The first-order valence-corrected chi connectivity index (χ1v) is 8.71. The molecule has 0 aliphatic carbocycles. The van der Waals surface area contributed by atoms with Crippen molar-refractivity contribution in [3.8, 4) is 5.75 Å². The van der Waals surface area contributed by atoms with Gasteiger partial charge < -0.3 is 10.4 Å². The number of carbonyl (C=O) groups excluding carboxylic acids is 1. The van der Waals surface area contributed by atoms with Gasteiger partial charge in [0, 0.05) is 31.4 Å². The van der Waals surface area contributed by atoms with E-state index in [1.807, 2.05) is 0 Å². The van der Waals surface area contributed by atoms with Crippen molar-refractivity contribution in [2.24, 2.45) is 0 Å². The second kappa shape index (κ2) is 6.62. The van der Waals surface area contributed by atoms with Gasteiger partial charge in [0.15, 0.2) is 0 Å². The summed E-state index contributed by atoms with van der Waals surface area (Å²) < 4.78 is 26.0. The number of aromatic hydroxyl groups is 1. The van der Waals surface area contributed by atoms with Crippen LogP contribution in [0.25, 0.3) is 0 Å². The third kappa shape index (κ3) is 3.58. The number of sulfonamides is 1. The van der Waals surface area contributed by atoms with E-state index in [0.29, 0.717) is 16.8 Å². The van der Waals surface area contributed by atoms with E-state index < -0.39 is 15.9 Å². The third-order valence-electron chi connectivity index (χ3n) is 3.74. The zero-order valence-corrected chi connectivity index (χ0v) is 14.8. The second-order valence-corrected chi connectivity index (χ2v) is 7.83. The van der Waals surface area contributed by atoms with Crippen LogP contribution in [0, 0.1) is 13.8 Å². The molecule has 6 nitrogen and oxygen atoms in total. The van der Waals surface area contributed by atoms with E-state index >= 15 is 0 Å². The molecule has 0 bridgehead atoms. The summed E-state index contributed by atoms with van der Waals surface area (Å²) in [5.74, 6) is -0.414. The number of amides is 1. The molecule has 0 aliphatic heterocycles. The Labute approximate surface area is 141 Å². The lowest BCUT2D eigenvalue weighted by Crippen LogP contribution is -2.24. The lowest BCUT2D eigenvalue weighted by atomic mass is 10.1. The van der Waals surface area contributed by atoms with Gasteiger partial charge in [-0.25, -0.2) is 12.7 Å². The number of carbonyl (C=O) groups is 1. The summed E-state index contributed by atoms with van der Waals surface area (Å²) in [6, 6.07) is 9.16. The average Bonchev–Trinajstić information content (AvgIpc) is 2.49. The molecule has 128 valence electrons. The Kier molecular flexibility index (Phi) is 4.96. The van der Waals surface area contributed by atoms with E-state index in [1.165, 1.54) is 32.3 Å². The number of phenolic OH excluding ortho intramolecular Hbond substituents is 1. The molecule has 0 unspecified atom stereocenters. The van der Waals surface area contributed by atoms with Crippen LogP contribution in [0.4, 0.5) is 5.69 Å². The van der Waals surface area contributed by atoms with Crippen molar-refractivity contribution in [1.82, 2.24) is 4.31 Å². The Morgan fingerprint density at radius 2 is 1.79 bits per heavy atom. The molecule has 0 spiro atoms. The molecule has 0 aromatic heterocycles. The smallest absolute Gasteiger partial charge is 0.255 e. The molecule has 0 heterocycles. The number of nitrogens with zero attached hydrogens (tertiary/aromatic N) is 1. The maximum Gasteiger partial charge on any atom is 0.255 e. The summed E-state index contributed by atoms with van der Waals surface area (Å²) in [7, 11) is -0.756. The fraction of sp³-hybridized carbons (Fsp3) is 0.235. The minimum Gasteiger partial charge on any atom is -0.508 e. The Balaban J connectivity index is 2.45. The number of hydrogen-bond donors (Lipinski definition) is 2. The number of benzene rings is 2. The first kappa shape index (κ1) is 18.0. The molecule has 2 N–H and O–H groups in total. The summed E-state index contributed by atoms with van der Waals surface area (Å²) in [5.41, 5.74) is 1.98. The first-order chi connectivity index (χ1) is 11.1. The second-order valence-electron chi connectivity index (χ2n) is 5.71. The van der Waals surface area contributed by atoms with Crippen molar-refractivity contribution >= 4 is 21.6 Å². The highest BCUT2D eigenvalue weighted by molar-refractivity contribution is 7.89. The van der Waals surface area contributed by atoms with Gasteiger partial charge in [0.2, 0.25) is 10.0 Å². The van der Waals surface area contributed by atoms with E-state index in [1.54, 1.807) is 32.0 Å². The van der Waals surface area contributed by atoms with Crippen LogP contribution >= 0.6 is 0 Å². The molecule has 2 aromatic carbocycles. The predicted octanol–water partition coefficient (Wildman–Crippen LogP) is 2.51. The molecule has 0 saturated heterocycles. The number of anilines is 1. The van der Waals surface area contributed by atoms with Crippen molar-refractivity contribution in [3.05, 3.63) is 53.1 Å². The lowest BCUT2D eigenvalue weighted by molar-refractivity contribution is 0.102. The van der Waals surface area contributed by atoms with Gasteiger partial charge >= 0.3 is 0 Å². The molecule has 0 atom stereocenters. The topological polar surface area (TPSA) is 86.7 Å². The molecule has 1 amide bonds. The molecule has 0 fully saturated rings. The first-order valence-electron chi connectivity index (χ1n) is 7.27. The third-order valence-corrected chi connectivity index (χ3v) is 5.69. The van der Waals surface area contributed by atoms with Gasteiger partial charge in [-0.05, 0) is 49.2 Å². The standard InChI is InChI=1S/C17H20N2O4S/c1-11-8-13(9-16(12(11)2)24(22,23)19(3)4)17(21)18-14-6-5-7-15(20)10-14/h5-10,20H,1-4H3,(H,18,21). The SMILES string of the molecule is Cc1cc(C(=O)Nc2cccc(O)c2)cc(S(=O)(=O)N(C)C)c1C. The number of rotatable bonds is 4. The monoisotopic (exact) mass is 348 g/mol. The number of nitrogens with one attached hydrogen (secondary N) is 1. The van der Waals surface area contributed by atoms with Gasteiger partial charge in [-0.3, -0.25) is 4.79 Å². The molecule has 24 heavy (non-hydrogen) atoms.